The van der Waals surface area contributed by atoms with E-state index in [0.29, 0.717) is 0 Å². The molecule has 1 N–H and O–H groups in total. The van der Waals surface area contributed by atoms with E-state index in [0.717, 1.165) is 20.1 Å². The van der Waals surface area contributed by atoms with Gasteiger partial charge in [0.05, 0.1) is 6.04 Å². The molecule has 1 nitrogen and oxygen atoms in total. The summed E-state index contributed by atoms with van der Waals surface area (Å²) < 4.78 is 15.3. The molecule has 0 spiro atoms. The molecule has 0 aliphatic rings. The molecule has 0 fully saturated rings. The molecule has 4 heteroatoms. The number of rotatable bonds is 3. The first-order valence-corrected chi connectivity index (χ1v) is 7.08. The van der Waals surface area contributed by atoms with Crippen LogP contribution in [0.3, 0.4) is 0 Å². The molecular weight excluding hydrogens is 361 g/mol. The third-order valence-electron chi connectivity index (χ3n) is 2.74. The minimum atomic E-state index is -0.223. The maximum Gasteiger partial charge on any atom is 0.123 e. The Balaban J connectivity index is 2.48. The molecule has 2 rings (SSSR count). The van der Waals surface area contributed by atoms with Gasteiger partial charge in [-0.3, -0.25) is 0 Å². The van der Waals surface area contributed by atoms with Crippen LogP contribution >= 0.6 is 31.9 Å². The van der Waals surface area contributed by atoms with Crippen molar-refractivity contribution in [3.05, 3.63) is 68.4 Å². The first kappa shape index (κ1) is 13.7. The van der Waals surface area contributed by atoms with E-state index in [-0.39, 0.29) is 11.9 Å². The number of halogens is 3. The fourth-order valence-corrected chi connectivity index (χ4v) is 2.78. The summed E-state index contributed by atoms with van der Waals surface area (Å²) in [5, 5.41) is 3.21. The topological polar surface area (TPSA) is 12.0 Å². The molecule has 18 heavy (non-hydrogen) atoms. The lowest BCUT2D eigenvalue weighted by atomic mass is 9.99. The third-order valence-corrected chi connectivity index (χ3v) is 3.96. The summed E-state index contributed by atoms with van der Waals surface area (Å²) in [5.74, 6) is -0.223. The minimum absolute atomic E-state index is 0.0485. The van der Waals surface area contributed by atoms with Gasteiger partial charge in [-0.15, -0.1) is 0 Å². The minimum Gasteiger partial charge on any atom is -0.309 e. The molecule has 0 amide bonds. The Bertz CT molecular complexity index is 557. The van der Waals surface area contributed by atoms with E-state index in [1.54, 1.807) is 12.1 Å². The van der Waals surface area contributed by atoms with Crippen LogP contribution in [0.15, 0.2) is 51.4 Å². The van der Waals surface area contributed by atoms with E-state index < -0.39 is 0 Å². The smallest absolute Gasteiger partial charge is 0.123 e. The van der Waals surface area contributed by atoms with Crippen molar-refractivity contribution < 1.29 is 4.39 Å². The normalized spacial score (nSPS) is 12.4. The van der Waals surface area contributed by atoms with Crippen molar-refractivity contribution in [1.29, 1.82) is 0 Å². The number of benzene rings is 2. The summed E-state index contributed by atoms with van der Waals surface area (Å²) in [6, 6.07) is 12.6. The largest absolute Gasteiger partial charge is 0.309 e. The van der Waals surface area contributed by atoms with Crippen molar-refractivity contribution in [2.24, 2.45) is 0 Å². The van der Waals surface area contributed by atoms with Crippen LogP contribution in [0, 0.1) is 5.82 Å². The fraction of sp³-hybridized carbons (Fsp3) is 0.143. The molecule has 0 heterocycles. The maximum absolute atomic E-state index is 13.3. The fourth-order valence-electron chi connectivity index (χ4n) is 1.92. The molecule has 0 saturated heterocycles. The molecule has 1 atom stereocenters. The van der Waals surface area contributed by atoms with Crippen molar-refractivity contribution >= 4 is 31.9 Å². The molecule has 2 aromatic carbocycles. The predicted molar refractivity (Wildman–Crippen MR) is 79.1 cm³/mol. The molecule has 0 aromatic heterocycles. The van der Waals surface area contributed by atoms with Crippen molar-refractivity contribution in [1.82, 2.24) is 5.32 Å². The summed E-state index contributed by atoms with van der Waals surface area (Å²) in [6.07, 6.45) is 0. The molecule has 2 aromatic rings. The van der Waals surface area contributed by atoms with Gasteiger partial charge in [0.1, 0.15) is 5.82 Å². The zero-order chi connectivity index (χ0) is 13.1. The van der Waals surface area contributed by atoms with Gasteiger partial charge in [0.25, 0.3) is 0 Å². The molecule has 1 unspecified atom stereocenters. The van der Waals surface area contributed by atoms with Gasteiger partial charge in [0.15, 0.2) is 0 Å². The molecule has 0 aliphatic carbocycles. The van der Waals surface area contributed by atoms with Crippen LogP contribution in [-0.4, -0.2) is 7.05 Å². The van der Waals surface area contributed by atoms with Crippen LogP contribution in [0.5, 0.6) is 0 Å². The Morgan fingerprint density at radius 3 is 2.56 bits per heavy atom. The average Bonchev–Trinajstić information content (AvgIpc) is 2.35. The van der Waals surface area contributed by atoms with Crippen molar-refractivity contribution in [2.45, 2.75) is 6.04 Å². The summed E-state index contributed by atoms with van der Waals surface area (Å²) in [4.78, 5) is 0. The van der Waals surface area contributed by atoms with Crippen LogP contribution in [0.1, 0.15) is 17.2 Å². The van der Waals surface area contributed by atoms with Crippen LogP contribution in [0.4, 0.5) is 4.39 Å². The van der Waals surface area contributed by atoms with E-state index in [4.69, 9.17) is 0 Å². The predicted octanol–water partition coefficient (Wildman–Crippen LogP) is 4.66. The number of hydrogen-bond acceptors (Lipinski definition) is 1. The lowest BCUT2D eigenvalue weighted by Crippen LogP contribution is -2.18. The first-order chi connectivity index (χ1) is 8.61. The van der Waals surface area contributed by atoms with E-state index in [9.17, 15) is 4.39 Å². The highest BCUT2D eigenvalue weighted by Crippen LogP contribution is 2.31. The van der Waals surface area contributed by atoms with Crippen LogP contribution in [0.25, 0.3) is 0 Å². The Morgan fingerprint density at radius 1 is 1.11 bits per heavy atom. The lowest BCUT2D eigenvalue weighted by molar-refractivity contribution is 0.616. The quantitative estimate of drug-likeness (QED) is 0.826. The van der Waals surface area contributed by atoms with Crippen LogP contribution < -0.4 is 5.32 Å². The van der Waals surface area contributed by atoms with Crippen molar-refractivity contribution in [3.63, 3.8) is 0 Å². The number of hydrogen-bond donors (Lipinski definition) is 1. The Hall–Kier alpha value is -0.710. The summed E-state index contributed by atoms with van der Waals surface area (Å²) in [7, 11) is 1.86. The van der Waals surface area contributed by atoms with Gasteiger partial charge in [0.2, 0.25) is 0 Å². The highest BCUT2D eigenvalue weighted by Gasteiger charge is 2.15. The van der Waals surface area contributed by atoms with Crippen molar-refractivity contribution in [2.75, 3.05) is 7.05 Å². The standard InChI is InChI=1S/C14H12Br2FN/c1-18-14(9-3-2-4-11(17)7-9)12-8-10(15)5-6-13(12)16/h2-8,14,18H,1H3. The first-order valence-electron chi connectivity index (χ1n) is 5.49. The van der Waals surface area contributed by atoms with Crippen LogP contribution in [0.2, 0.25) is 0 Å². The lowest BCUT2D eigenvalue weighted by Gasteiger charge is -2.19. The van der Waals surface area contributed by atoms with E-state index in [1.807, 2.05) is 31.3 Å². The van der Waals surface area contributed by atoms with Gasteiger partial charge in [-0.1, -0.05) is 44.0 Å². The highest BCUT2D eigenvalue weighted by atomic mass is 79.9. The third kappa shape index (κ3) is 2.99. The molecule has 0 aliphatic heterocycles. The van der Waals surface area contributed by atoms with Gasteiger partial charge in [-0.25, -0.2) is 4.39 Å². The average molecular weight is 373 g/mol. The molecule has 0 radical (unpaired) electrons. The summed E-state index contributed by atoms with van der Waals surface area (Å²) in [5.41, 5.74) is 1.97. The second kappa shape index (κ2) is 5.95. The van der Waals surface area contributed by atoms with E-state index in [2.05, 4.69) is 37.2 Å². The zero-order valence-electron chi connectivity index (χ0n) is 9.75. The van der Waals surface area contributed by atoms with Gasteiger partial charge < -0.3 is 5.32 Å². The number of nitrogens with one attached hydrogen (secondary N) is 1. The monoisotopic (exact) mass is 371 g/mol. The highest BCUT2D eigenvalue weighted by molar-refractivity contribution is 9.11. The second-order valence-corrected chi connectivity index (χ2v) is 5.71. The van der Waals surface area contributed by atoms with Crippen LogP contribution in [-0.2, 0) is 0 Å². The van der Waals surface area contributed by atoms with Gasteiger partial charge in [-0.05, 0) is 48.5 Å². The zero-order valence-corrected chi connectivity index (χ0v) is 12.9. The molecule has 94 valence electrons. The SMILES string of the molecule is CNC(c1cccc(F)c1)c1cc(Br)ccc1Br. The van der Waals surface area contributed by atoms with Gasteiger partial charge in [0, 0.05) is 8.95 Å². The molecular formula is C14H12Br2FN. The van der Waals surface area contributed by atoms with Crippen molar-refractivity contribution in [3.8, 4) is 0 Å². The molecule has 0 saturated carbocycles. The Kier molecular flexibility index (Phi) is 4.54. The maximum atomic E-state index is 13.3. The summed E-state index contributed by atoms with van der Waals surface area (Å²) >= 11 is 6.99. The second-order valence-electron chi connectivity index (χ2n) is 3.94. The molecule has 0 bridgehead atoms. The Labute approximate surface area is 123 Å². The van der Waals surface area contributed by atoms with E-state index >= 15 is 0 Å². The summed E-state index contributed by atoms with van der Waals surface area (Å²) in [6.45, 7) is 0. The Morgan fingerprint density at radius 2 is 1.89 bits per heavy atom. The van der Waals surface area contributed by atoms with Gasteiger partial charge in [-0.2, -0.15) is 0 Å². The van der Waals surface area contributed by atoms with E-state index in [1.165, 1.54) is 6.07 Å². The van der Waals surface area contributed by atoms with Gasteiger partial charge >= 0.3 is 0 Å².